The summed E-state index contributed by atoms with van der Waals surface area (Å²) in [5, 5.41) is 15.6. The molecule has 0 saturated carbocycles. The van der Waals surface area contributed by atoms with Gasteiger partial charge in [0.05, 0.1) is 19.1 Å². The third kappa shape index (κ3) is 5.99. The second kappa shape index (κ2) is 11.5. The molecule has 3 aromatic carbocycles. The van der Waals surface area contributed by atoms with E-state index in [4.69, 9.17) is 10.00 Å². The number of anilines is 2. The number of aryl methyl sites for hydroxylation is 1. The van der Waals surface area contributed by atoms with Crippen molar-refractivity contribution in [2.75, 3.05) is 17.2 Å². The van der Waals surface area contributed by atoms with E-state index in [2.05, 4.69) is 16.7 Å². The predicted molar refractivity (Wildman–Crippen MR) is 142 cm³/mol. The van der Waals surface area contributed by atoms with Gasteiger partial charge in [0.2, 0.25) is 5.91 Å². The van der Waals surface area contributed by atoms with Gasteiger partial charge in [0, 0.05) is 52.2 Å². The van der Waals surface area contributed by atoms with E-state index in [0.717, 1.165) is 22.2 Å². The molecule has 7 heteroatoms. The number of aromatic nitrogens is 1. The minimum atomic E-state index is -0.282. The first-order valence-electron chi connectivity index (χ1n) is 11.7. The molecule has 4 rings (SSSR count). The summed E-state index contributed by atoms with van der Waals surface area (Å²) in [6.45, 7) is 3.09. The van der Waals surface area contributed by atoms with Crippen LogP contribution < -0.4 is 15.4 Å². The topological polar surface area (TPSA) is 96.2 Å². The van der Waals surface area contributed by atoms with E-state index in [-0.39, 0.29) is 11.8 Å². The highest BCUT2D eigenvalue weighted by molar-refractivity contribution is 6.06. The lowest BCUT2D eigenvalue weighted by Crippen LogP contribution is -2.12. The Morgan fingerprint density at radius 1 is 0.972 bits per heavy atom. The molecular formula is C29H26N4O3. The number of carbonyl (C=O) groups is 2. The molecule has 0 fully saturated rings. The average molecular weight is 479 g/mol. The lowest BCUT2D eigenvalue weighted by atomic mass is 10.1. The third-order valence-corrected chi connectivity index (χ3v) is 5.54. The van der Waals surface area contributed by atoms with Crippen LogP contribution in [0.25, 0.3) is 17.0 Å². The molecule has 0 aliphatic rings. The van der Waals surface area contributed by atoms with E-state index < -0.39 is 0 Å². The summed E-state index contributed by atoms with van der Waals surface area (Å²) in [5.74, 6) is 0.217. The Morgan fingerprint density at radius 2 is 1.67 bits per heavy atom. The van der Waals surface area contributed by atoms with Crippen LogP contribution in [0, 0.1) is 11.3 Å². The highest BCUT2D eigenvalue weighted by Gasteiger charge is 2.08. The smallest absolute Gasteiger partial charge is 0.255 e. The first-order valence-corrected chi connectivity index (χ1v) is 11.7. The van der Waals surface area contributed by atoms with E-state index in [1.54, 1.807) is 54.6 Å². The normalized spacial score (nSPS) is 10.8. The largest absolute Gasteiger partial charge is 0.494 e. The summed E-state index contributed by atoms with van der Waals surface area (Å²) in [6, 6.07) is 23.9. The fourth-order valence-electron chi connectivity index (χ4n) is 3.82. The molecule has 0 spiro atoms. The quantitative estimate of drug-likeness (QED) is 0.295. The number of ether oxygens (including phenoxy) is 1. The number of rotatable bonds is 9. The molecule has 36 heavy (non-hydrogen) atoms. The van der Waals surface area contributed by atoms with Gasteiger partial charge in [-0.1, -0.05) is 18.2 Å². The highest BCUT2D eigenvalue weighted by Crippen LogP contribution is 2.23. The van der Waals surface area contributed by atoms with Gasteiger partial charge in [-0.15, -0.1) is 0 Å². The van der Waals surface area contributed by atoms with Crippen LogP contribution in [0.2, 0.25) is 0 Å². The molecule has 0 unspecified atom stereocenters. The zero-order valence-electron chi connectivity index (χ0n) is 19.9. The summed E-state index contributed by atoms with van der Waals surface area (Å²) in [5.41, 5.74) is 3.65. The van der Waals surface area contributed by atoms with E-state index in [9.17, 15) is 9.59 Å². The molecule has 180 valence electrons. The first kappa shape index (κ1) is 24.3. The number of nitriles is 1. The van der Waals surface area contributed by atoms with E-state index in [0.29, 0.717) is 36.5 Å². The van der Waals surface area contributed by atoms with Crippen molar-refractivity contribution in [2.45, 2.75) is 19.9 Å². The van der Waals surface area contributed by atoms with Gasteiger partial charge < -0.3 is 19.9 Å². The number of fused-ring (bicyclic) bond motifs is 1. The van der Waals surface area contributed by atoms with Crippen LogP contribution in [-0.4, -0.2) is 23.0 Å². The Labute approximate surface area is 209 Å². The number of nitrogens with one attached hydrogen (secondary N) is 2. The molecule has 7 nitrogen and oxygen atoms in total. The van der Waals surface area contributed by atoms with Crippen LogP contribution in [0.4, 0.5) is 11.4 Å². The lowest BCUT2D eigenvalue weighted by Gasteiger charge is -2.08. The van der Waals surface area contributed by atoms with Gasteiger partial charge in [0.25, 0.3) is 5.91 Å². The molecule has 2 amide bonds. The van der Waals surface area contributed by atoms with Crippen LogP contribution in [0.3, 0.4) is 0 Å². The fourth-order valence-corrected chi connectivity index (χ4v) is 3.82. The van der Waals surface area contributed by atoms with Gasteiger partial charge in [-0.2, -0.15) is 5.26 Å². The highest BCUT2D eigenvalue weighted by atomic mass is 16.5. The number of nitrogens with zero attached hydrogens (tertiary/aromatic N) is 2. The van der Waals surface area contributed by atoms with Crippen molar-refractivity contribution < 1.29 is 14.3 Å². The van der Waals surface area contributed by atoms with Crippen LogP contribution in [-0.2, 0) is 11.3 Å². The molecule has 1 heterocycles. The van der Waals surface area contributed by atoms with Crippen molar-refractivity contribution in [3.05, 3.63) is 96.2 Å². The predicted octanol–water partition coefficient (Wildman–Crippen LogP) is 5.86. The number of benzene rings is 3. The maximum absolute atomic E-state index is 12.5. The minimum absolute atomic E-state index is 0.246. The van der Waals surface area contributed by atoms with Crippen molar-refractivity contribution in [1.82, 2.24) is 4.57 Å². The SMILES string of the molecule is CCOc1ccc(NC(=O)c2ccc(NC(=O)/C=C/c3cn(CCC#N)c4ccccc34)cc2)cc1. The Morgan fingerprint density at radius 3 is 2.39 bits per heavy atom. The molecule has 2 N–H and O–H groups in total. The zero-order valence-corrected chi connectivity index (χ0v) is 19.9. The zero-order chi connectivity index (χ0) is 25.3. The Hall–Kier alpha value is -4.83. The molecule has 1 aromatic heterocycles. The molecule has 4 aromatic rings. The van der Waals surface area contributed by atoms with Crippen LogP contribution in [0.1, 0.15) is 29.3 Å². The lowest BCUT2D eigenvalue weighted by molar-refractivity contribution is -0.111. The van der Waals surface area contributed by atoms with Gasteiger partial charge in [-0.25, -0.2) is 0 Å². The van der Waals surface area contributed by atoms with Gasteiger partial charge in [-0.3, -0.25) is 9.59 Å². The maximum Gasteiger partial charge on any atom is 0.255 e. The second-order valence-electron chi connectivity index (χ2n) is 8.01. The summed E-state index contributed by atoms with van der Waals surface area (Å²) in [4.78, 5) is 25.0. The minimum Gasteiger partial charge on any atom is -0.494 e. The van der Waals surface area contributed by atoms with E-state index >= 15 is 0 Å². The first-order chi connectivity index (χ1) is 17.6. The summed E-state index contributed by atoms with van der Waals surface area (Å²) < 4.78 is 7.43. The number of amides is 2. The summed E-state index contributed by atoms with van der Waals surface area (Å²) in [6.07, 6.45) is 5.60. The van der Waals surface area contributed by atoms with Gasteiger partial charge in [0.1, 0.15) is 5.75 Å². The van der Waals surface area contributed by atoms with Crippen LogP contribution in [0.15, 0.2) is 85.1 Å². The fraction of sp³-hybridized carbons (Fsp3) is 0.138. The Bertz CT molecular complexity index is 1430. The number of hydrogen-bond donors (Lipinski definition) is 2. The van der Waals surface area contributed by atoms with Crippen molar-refractivity contribution >= 4 is 40.2 Å². The Kier molecular flexibility index (Phi) is 7.79. The van der Waals surface area contributed by atoms with E-state index in [1.165, 1.54) is 6.08 Å². The molecule has 0 radical (unpaired) electrons. The van der Waals surface area contributed by atoms with Gasteiger partial charge in [0.15, 0.2) is 0 Å². The van der Waals surface area contributed by atoms with Crippen molar-refractivity contribution in [3.63, 3.8) is 0 Å². The average Bonchev–Trinajstić information content (AvgIpc) is 3.25. The van der Waals surface area contributed by atoms with Gasteiger partial charge >= 0.3 is 0 Å². The maximum atomic E-state index is 12.5. The van der Waals surface area contributed by atoms with Crippen LogP contribution >= 0.6 is 0 Å². The monoisotopic (exact) mass is 478 g/mol. The molecule has 0 bridgehead atoms. The number of carbonyl (C=O) groups excluding carboxylic acids is 2. The third-order valence-electron chi connectivity index (χ3n) is 5.54. The second-order valence-corrected chi connectivity index (χ2v) is 8.01. The van der Waals surface area contributed by atoms with Crippen molar-refractivity contribution in [1.29, 1.82) is 5.26 Å². The molecular weight excluding hydrogens is 452 g/mol. The number of para-hydroxylation sites is 1. The molecule has 0 saturated heterocycles. The standard InChI is InChI=1S/C29H26N4O3/c1-2-36-25-15-13-24(14-16-25)32-29(35)21-8-11-23(12-9-21)31-28(34)17-10-22-20-33(19-5-18-30)27-7-4-3-6-26(22)27/h3-4,6-17,20H,2,5,19H2,1H3,(H,31,34)(H,32,35)/b17-10+. The van der Waals surface area contributed by atoms with Crippen molar-refractivity contribution in [3.8, 4) is 11.8 Å². The molecule has 0 atom stereocenters. The van der Waals surface area contributed by atoms with Crippen molar-refractivity contribution in [2.24, 2.45) is 0 Å². The molecule has 0 aliphatic carbocycles. The molecule has 0 aliphatic heterocycles. The van der Waals surface area contributed by atoms with E-state index in [1.807, 2.05) is 42.0 Å². The van der Waals surface area contributed by atoms with Crippen LogP contribution in [0.5, 0.6) is 5.75 Å². The number of hydrogen-bond acceptors (Lipinski definition) is 4. The van der Waals surface area contributed by atoms with Gasteiger partial charge in [-0.05, 0) is 67.6 Å². The summed E-state index contributed by atoms with van der Waals surface area (Å²) in [7, 11) is 0. The Balaban J connectivity index is 1.37. The summed E-state index contributed by atoms with van der Waals surface area (Å²) >= 11 is 0.